The third-order valence-electron chi connectivity index (χ3n) is 5.10. The summed E-state index contributed by atoms with van der Waals surface area (Å²) < 4.78 is 12.1. The highest BCUT2D eigenvalue weighted by Gasteiger charge is 2.44. The molecule has 148 valence electrons. The fourth-order valence-electron chi connectivity index (χ4n) is 3.85. The Morgan fingerprint density at radius 3 is 2.57 bits per heavy atom. The van der Waals surface area contributed by atoms with E-state index in [9.17, 15) is 4.79 Å². The molecule has 2 aliphatic rings. The molecule has 4 rings (SSSR count). The maximum Gasteiger partial charge on any atom is 0.319 e. The van der Waals surface area contributed by atoms with Crippen LogP contribution in [0.15, 0.2) is 42.5 Å². The Balaban J connectivity index is 1.33. The minimum absolute atomic E-state index is 0.243. The average Bonchev–Trinajstić information content (AvgIpc) is 3.25. The van der Waals surface area contributed by atoms with Crippen LogP contribution in [-0.2, 0) is 13.1 Å². The second-order valence-corrected chi connectivity index (χ2v) is 7.85. The van der Waals surface area contributed by atoms with Gasteiger partial charge >= 0.3 is 6.03 Å². The number of carbonyl (C=O) groups excluding carboxylic acids is 1. The van der Waals surface area contributed by atoms with Crippen LogP contribution in [0, 0.1) is 0 Å². The third-order valence-corrected chi connectivity index (χ3v) is 5.10. The lowest BCUT2D eigenvalue weighted by Crippen LogP contribution is -2.34. The maximum atomic E-state index is 12.3. The zero-order valence-electron chi connectivity index (χ0n) is 16.5. The van der Waals surface area contributed by atoms with Crippen molar-refractivity contribution < 1.29 is 14.3 Å². The fraction of sp³-hybridized carbons (Fsp3) is 0.409. The highest BCUT2D eigenvalue weighted by molar-refractivity contribution is 5.89. The largest absolute Gasteiger partial charge is 0.448 e. The zero-order chi connectivity index (χ0) is 19.6. The number of nitrogens with one attached hydrogen (secondary N) is 2. The molecule has 0 aromatic heterocycles. The lowest BCUT2D eigenvalue weighted by molar-refractivity contribution is -0.0716. The van der Waals surface area contributed by atoms with Gasteiger partial charge < -0.3 is 25.0 Å². The second kappa shape index (κ2) is 7.72. The predicted molar refractivity (Wildman–Crippen MR) is 109 cm³/mol. The summed E-state index contributed by atoms with van der Waals surface area (Å²) in [5, 5.41) is 5.78. The quantitative estimate of drug-likeness (QED) is 0.818. The van der Waals surface area contributed by atoms with Crippen molar-refractivity contribution in [3.05, 3.63) is 53.6 Å². The summed E-state index contributed by atoms with van der Waals surface area (Å²) in [4.78, 5) is 14.4. The van der Waals surface area contributed by atoms with Crippen LogP contribution in [0.4, 0.5) is 10.5 Å². The van der Waals surface area contributed by atoms with Crippen molar-refractivity contribution in [2.45, 2.75) is 44.6 Å². The van der Waals surface area contributed by atoms with Crippen LogP contribution >= 0.6 is 0 Å². The van der Waals surface area contributed by atoms with Crippen LogP contribution < -0.4 is 20.1 Å². The molecule has 0 radical (unpaired) electrons. The molecule has 2 N–H and O–H groups in total. The van der Waals surface area contributed by atoms with Crippen molar-refractivity contribution in [1.29, 1.82) is 0 Å². The molecule has 6 nitrogen and oxygen atoms in total. The van der Waals surface area contributed by atoms with E-state index in [2.05, 4.69) is 27.7 Å². The Labute approximate surface area is 165 Å². The normalized spacial score (nSPS) is 16.5. The number of ether oxygens (including phenoxy) is 2. The first kappa shape index (κ1) is 18.6. The van der Waals surface area contributed by atoms with Crippen LogP contribution in [0.3, 0.4) is 0 Å². The maximum absolute atomic E-state index is 12.3. The first-order valence-electron chi connectivity index (χ1n) is 9.81. The van der Waals surface area contributed by atoms with Gasteiger partial charge in [-0.05, 0) is 50.2 Å². The van der Waals surface area contributed by atoms with Gasteiger partial charge in [-0.3, -0.25) is 0 Å². The van der Waals surface area contributed by atoms with E-state index >= 15 is 0 Å². The lowest BCUT2D eigenvalue weighted by atomic mass is 10.1. The molecule has 1 aliphatic heterocycles. The van der Waals surface area contributed by atoms with Gasteiger partial charge in [-0.15, -0.1) is 0 Å². The molecule has 0 bridgehead atoms. The Hall–Kier alpha value is -2.73. The van der Waals surface area contributed by atoms with Gasteiger partial charge in [0.05, 0.1) is 0 Å². The fourth-order valence-corrected chi connectivity index (χ4v) is 3.85. The third kappa shape index (κ3) is 4.22. The van der Waals surface area contributed by atoms with E-state index in [4.69, 9.17) is 9.47 Å². The van der Waals surface area contributed by atoms with Gasteiger partial charge in [-0.1, -0.05) is 24.3 Å². The predicted octanol–water partition coefficient (Wildman–Crippen LogP) is 4.11. The molecule has 2 aromatic rings. The van der Waals surface area contributed by atoms with Crippen molar-refractivity contribution in [2.75, 3.05) is 19.4 Å². The van der Waals surface area contributed by atoms with E-state index in [1.54, 1.807) is 0 Å². The Bertz CT molecular complexity index is 860. The van der Waals surface area contributed by atoms with Gasteiger partial charge in [0.15, 0.2) is 11.5 Å². The van der Waals surface area contributed by atoms with Crippen molar-refractivity contribution in [1.82, 2.24) is 10.2 Å². The smallest absolute Gasteiger partial charge is 0.319 e. The molecule has 2 aromatic carbocycles. The molecule has 28 heavy (non-hydrogen) atoms. The van der Waals surface area contributed by atoms with Gasteiger partial charge in [0, 0.05) is 37.7 Å². The SMILES string of the molecule is CN(C)Cc1cccc(CNC(=O)Nc2ccc3c(c2)OC2(CCCC2)O3)c1. The van der Waals surface area contributed by atoms with Crippen molar-refractivity contribution in [3.63, 3.8) is 0 Å². The minimum Gasteiger partial charge on any atom is -0.448 e. The van der Waals surface area contributed by atoms with E-state index in [1.165, 1.54) is 5.56 Å². The number of amides is 2. The summed E-state index contributed by atoms with van der Waals surface area (Å²) in [6.45, 7) is 1.35. The number of fused-ring (bicyclic) bond motifs is 1. The molecule has 0 saturated heterocycles. The van der Waals surface area contributed by atoms with Gasteiger partial charge in [-0.25, -0.2) is 4.79 Å². The van der Waals surface area contributed by atoms with Crippen LogP contribution in [-0.4, -0.2) is 30.8 Å². The van der Waals surface area contributed by atoms with Crippen molar-refractivity contribution in [3.8, 4) is 11.5 Å². The summed E-state index contributed by atoms with van der Waals surface area (Å²) in [7, 11) is 4.08. The Kier molecular flexibility index (Phi) is 5.13. The number of anilines is 1. The summed E-state index contributed by atoms with van der Waals surface area (Å²) in [6.07, 6.45) is 4.07. The molecule has 2 amide bonds. The minimum atomic E-state index is -0.485. The number of rotatable bonds is 5. The number of hydrogen-bond donors (Lipinski definition) is 2. The van der Waals surface area contributed by atoms with Crippen LogP contribution in [0.2, 0.25) is 0 Å². The molecular weight excluding hydrogens is 354 g/mol. The first-order chi connectivity index (χ1) is 13.5. The molecule has 1 heterocycles. The Morgan fingerprint density at radius 2 is 1.79 bits per heavy atom. The van der Waals surface area contributed by atoms with Crippen LogP contribution in [0.25, 0.3) is 0 Å². The molecule has 1 spiro atoms. The standard InChI is InChI=1S/C22H27N3O3/c1-25(2)15-17-7-5-6-16(12-17)14-23-21(26)24-18-8-9-19-20(13-18)28-22(27-19)10-3-4-11-22/h5-9,12-13H,3-4,10-11,14-15H2,1-2H3,(H2,23,24,26). The number of benzene rings is 2. The van der Waals surface area contributed by atoms with E-state index in [0.717, 1.165) is 43.5 Å². The van der Waals surface area contributed by atoms with Gasteiger partial charge in [0.2, 0.25) is 0 Å². The van der Waals surface area contributed by atoms with Crippen molar-refractivity contribution >= 4 is 11.7 Å². The first-order valence-corrected chi connectivity index (χ1v) is 9.81. The molecule has 0 unspecified atom stereocenters. The number of nitrogens with zero attached hydrogens (tertiary/aromatic N) is 1. The number of carbonyl (C=O) groups is 1. The van der Waals surface area contributed by atoms with Crippen LogP contribution in [0.5, 0.6) is 11.5 Å². The zero-order valence-corrected chi connectivity index (χ0v) is 16.5. The molecule has 1 fully saturated rings. The highest BCUT2D eigenvalue weighted by Crippen LogP contribution is 2.47. The molecule has 0 atom stereocenters. The van der Waals surface area contributed by atoms with Crippen LogP contribution in [0.1, 0.15) is 36.8 Å². The second-order valence-electron chi connectivity index (χ2n) is 7.85. The molecule has 1 saturated carbocycles. The van der Waals surface area contributed by atoms with Gasteiger partial charge in [0.1, 0.15) is 0 Å². The summed E-state index contributed by atoms with van der Waals surface area (Å²) in [5.74, 6) is 0.975. The molecule has 1 aliphatic carbocycles. The molecular formula is C22H27N3O3. The van der Waals surface area contributed by atoms with E-state index in [0.29, 0.717) is 18.0 Å². The summed E-state index contributed by atoms with van der Waals surface area (Å²) in [5.41, 5.74) is 2.99. The van der Waals surface area contributed by atoms with E-state index < -0.39 is 5.79 Å². The summed E-state index contributed by atoms with van der Waals surface area (Å²) >= 11 is 0. The van der Waals surface area contributed by atoms with Crippen molar-refractivity contribution in [2.24, 2.45) is 0 Å². The Morgan fingerprint density at radius 1 is 1.04 bits per heavy atom. The number of urea groups is 1. The highest BCUT2D eigenvalue weighted by atomic mass is 16.7. The monoisotopic (exact) mass is 381 g/mol. The molecule has 6 heteroatoms. The van der Waals surface area contributed by atoms with E-state index in [-0.39, 0.29) is 6.03 Å². The number of hydrogen-bond acceptors (Lipinski definition) is 4. The van der Waals surface area contributed by atoms with E-state index in [1.807, 2.05) is 44.4 Å². The average molecular weight is 381 g/mol. The van der Waals surface area contributed by atoms with Gasteiger partial charge in [-0.2, -0.15) is 0 Å². The van der Waals surface area contributed by atoms with Gasteiger partial charge in [0.25, 0.3) is 5.79 Å². The topological polar surface area (TPSA) is 62.8 Å². The summed E-state index contributed by atoms with van der Waals surface area (Å²) in [6, 6.07) is 13.5. The lowest BCUT2D eigenvalue weighted by Gasteiger charge is -2.21.